The molecule has 0 saturated carbocycles. The highest BCUT2D eigenvalue weighted by Gasteiger charge is 2.16. The van der Waals surface area contributed by atoms with Crippen LogP contribution in [0, 0.1) is 12.8 Å². The number of nitrogens with one attached hydrogen (secondary N) is 2. The summed E-state index contributed by atoms with van der Waals surface area (Å²) in [6.07, 6.45) is 5.43. The van der Waals surface area contributed by atoms with E-state index in [1.807, 2.05) is 30.6 Å². The van der Waals surface area contributed by atoms with E-state index in [1.165, 1.54) is 11.1 Å². The Morgan fingerprint density at radius 1 is 1.13 bits per heavy atom. The Morgan fingerprint density at radius 3 is 2.55 bits per heavy atom. The first-order chi connectivity index (χ1) is 14.6. The van der Waals surface area contributed by atoms with Crippen molar-refractivity contribution in [2.75, 3.05) is 13.1 Å². The summed E-state index contributed by atoms with van der Waals surface area (Å²) in [6.45, 7) is 10.6. The molecule has 3 aromatic rings. The first-order valence-corrected chi connectivity index (χ1v) is 10.5. The molecule has 1 unspecified atom stereocenters. The zero-order chi connectivity index (χ0) is 21.3. The number of hydrogen-bond acceptors (Lipinski definition) is 4. The van der Waals surface area contributed by atoms with Crippen LogP contribution in [0.2, 0.25) is 0 Å². The Balaban J connectivity index is 0.00000341. The molecule has 0 fully saturated rings. The fraction of sp³-hybridized carbons (Fsp3) is 0.375. The first-order valence-electron chi connectivity index (χ1n) is 10.5. The number of aryl methyl sites for hydroxylation is 1. The molecule has 31 heavy (non-hydrogen) atoms. The lowest BCUT2D eigenvalue weighted by atomic mass is 9.89. The predicted molar refractivity (Wildman–Crippen MR) is 137 cm³/mol. The second-order valence-electron chi connectivity index (χ2n) is 7.72. The maximum Gasteiger partial charge on any atom is 0.226 e. The highest BCUT2D eigenvalue weighted by Crippen LogP contribution is 2.23. The average Bonchev–Trinajstić information content (AvgIpc) is 3.22. The van der Waals surface area contributed by atoms with Crippen LogP contribution in [0.5, 0.6) is 0 Å². The van der Waals surface area contributed by atoms with Crippen LogP contribution in [0.15, 0.2) is 64.5 Å². The van der Waals surface area contributed by atoms with Gasteiger partial charge in [0.1, 0.15) is 12.0 Å². The highest BCUT2D eigenvalue weighted by atomic mass is 127. The quantitative estimate of drug-likeness (QED) is 0.238. The zero-order valence-corrected chi connectivity index (χ0v) is 21.0. The van der Waals surface area contributed by atoms with Crippen LogP contribution in [0.25, 0.3) is 11.5 Å². The summed E-state index contributed by atoms with van der Waals surface area (Å²) in [5.41, 5.74) is 4.21. The van der Waals surface area contributed by atoms with Crippen molar-refractivity contribution in [3.63, 3.8) is 0 Å². The van der Waals surface area contributed by atoms with Gasteiger partial charge in [-0.1, -0.05) is 37.6 Å². The minimum absolute atomic E-state index is 0. The fourth-order valence-corrected chi connectivity index (χ4v) is 3.25. The van der Waals surface area contributed by atoms with Gasteiger partial charge in [0.05, 0.1) is 6.54 Å². The van der Waals surface area contributed by atoms with Gasteiger partial charge in [-0.2, -0.15) is 0 Å². The zero-order valence-electron chi connectivity index (χ0n) is 18.6. The fourth-order valence-electron chi connectivity index (χ4n) is 3.25. The van der Waals surface area contributed by atoms with Gasteiger partial charge in [0.15, 0.2) is 5.96 Å². The minimum Gasteiger partial charge on any atom is -0.444 e. The Hall–Kier alpha value is -2.42. The van der Waals surface area contributed by atoms with Crippen molar-refractivity contribution in [1.82, 2.24) is 20.6 Å². The number of hydrogen-bond donors (Lipinski definition) is 2. The molecule has 0 aliphatic rings. The van der Waals surface area contributed by atoms with Gasteiger partial charge in [-0.05, 0) is 43.5 Å². The topological polar surface area (TPSA) is 75.3 Å². The minimum atomic E-state index is 0. The third-order valence-corrected chi connectivity index (χ3v) is 5.00. The van der Waals surface area contributed by atoms with Crippen molar-refractivity contribution >= 4 is 29.9 Å². The van der Waals surface area contributed by atoms with Crippen LogP contribution in [0.4, 0.5) is 0 Å². The largest absolute Gasteiger partial charge is 0.444 e. The van der Waals surface area contributed by atoms with Crippen molar-refractivity contribution < 1.29 is 4.42 Å². The summed E-state index contributed by atoms with van der Waals surface area (Å²) in [5, 5.41) is 6.78. The van der Waals surface area contributed by atoms with Crippen LogP contribution in [-0.2, 0) is 6.54 Å². The van der Waals surface area contributed by atoms with Gasteiger partial charge < -0.3 is 15.1 Å². The third-order valence-electron chi connectivity index (χ3n) is 5.00. The number of halogens is 1. The SMILES string of the molecule is CCNC(=NCc1coc(-c2ccc(C)cc2)n1)NCC(c1cccnc1)C(C)C.I. The lowest BCUT2D eigenvalue weighted by Gasteiger charge is -2.22. The molecular weight excluding hydrogens is 501 g/mol. The second-order valence-corrected chi connectivity index (χ2v) is 7.72. The molecule has 1 aromatic carbocycles. The number of oxazole rings is 1. The van der Waals surface area contributed by atoms with E-state index in [9.17, 15) is 0 Å². The van der Waals surface area contributed by atoms with Gasteiger partial charge in [0, 0.05) is 37.0 Å². The van der Waals surface area contributed by atoms with Crippen LogP contribution in [0.3, 0.4) is 0 Å². The van der Waals surface area contributed by atoms with Crippen LogP contribution in [-0.4, -0.2) is 29.0 Å². The van der Waals surface area contributed by atoms with Gasteiger partial charge in [0.25, 0.3) is 0 Å². The Labute approximate surface area is 202 Å². The summed E-state index contributed by atoms with van der Waals surface area (Å²) in [4.78, 5) is 13.5. The number of benzene rings is 1. The maximum atomic E-state index is 5.64. The normalized spacial score (nSPS) is 12.4. The van der Waals surface area contributed by atoms with E-state index in [0.29, 0.717) is 24.3 Å². The van der Waals surface area contributed by atoms with E-state index >= 15 is 0 Å². The average molecular weight is 533 g/mol. The lowest BCUT2D eigenvalue weighted by Crippen LogP contribution is -2.40. The van der Waals surface area contributed by atoms with E-state index in [2.05, 4.69) is 71.5 Å². The molecule has 2 aromatic heterocycles. The van der Waals surface area contributed by atoms with E-state index in [0.717, 1.165) is 30.3 Å². The molecule has 1 atom stereocenters. The Bertz CT molecular complexity index is 938. The van der Waals surface area contributed by atoms with Crippen LogP contribution < -0.4 is 10.6 Å². The Morgan fingerprint density at radius 2 is 1.90 bits per heavy atom. The van der Waals surface area contributed by atoms with Gasteiger partial charge in [-0.15, -0.1) is 24.0 Å². The first kappa shape index (κ1) is 24.8. The van der Waals surface area contributed by atoms with Gasteiger partial charge in [0.2, 0.25) is 5.89 Å². The molecule has 7 heteroatoms. The molecule has 2 N–H and O–H groups in total. The molecule has 0 amide bonds. The summed E-state index contributed by atoms with van der Waals surface area (Å²) >= 11 is 0. The molecule has 3 rings (SSSR count). The van der Waals surface area contributed by atoms with E-state index in [1.54, 1.807) is 6.26 Å². The molecule has 0 saturated heterocycles. The summed E-state index contributed by atoms with van der Waals surface area (Å²) < 4.78 is 5.64. The van der Waals surface area contributed by atoms with Crippen LogP contribution >= 0.6 is 24.0 Å². The van der Waals surface area contributed by atoms with E-state index in [4.69, 9.17) is 4.42 Å². The van der Waals surface area contributed by atoms with Gasteiger partial charge >= 0.3 is 0 Å². The molecule has 166 valence electrons. The standard InChI is InChI=1S/C24H31N5O.HI/c1-5-26-24(28-15-22(17(2)3)20-7-6-12-25-13-20)27-14-21-16-30-23(29-21)19-10-8-18(4)9-11-19;/h6-13,16-17,22H,5,14-15H2,1-4H3,(H2,26,27,28);1H. The predicted octanol–water partition coefficient (Wildman–Crippen LogP) is 5.16. The summed E-state index contributed by atoms with van der Waals surface area (Å²) in [6, 6.07) is 12.3. The number of aliphatic imine (C=N–C) groups is 1. The molecule has 0 aliphatic carbocycles. The Kier molecular flexibility index (Phi) is 9.97. The highest BCUT2D eigenvalue weighted by molar-refractivity contribution is 14.0. The molecule has 0 spiro atoms. The maximum absolute atomic E-state index is 5.64. The van der Waals surface area contributed by atoms with Gasteiger partial charge in [-0.3, -0.25) is 4.98 Å². The van der Waals surface area contributed by atoms with Crippen LogP contribution in [0.1, 0.15) is 43.5 Å². The number of pyridine rings is 1. The molecule has 0 aliphatic heterocycles. The summed E-state index contributed by atoms with van der Waals surface area (Å²) in [5.74, 6) is 2.22. The number of nitrogens with zero attached hydrogens (tertiary/aromatic N) is 3. The number of guanidine groups is 1. The third kappa shape index (κ3) is 7.34. The van der Waals surface area contributed by atoms with Crippen molar-refractivity contribution in [3.8, 4) is 11.5 Å². The number of aromatic nitrogens is 2. The second kappa shape index (κ2) is 12.4. The van der Waals surface area contributed by atoms with Gasteiger partial charge in [-0.25, -0.2) is 9.98 Å². The monoisotopic (exact) mass is 533 g/mol. The molecular formula is C24H32IN5O. The lowest BCUT2D eigenvalue weighted by molar-refractivity contribution is 0.487. The van der Waals surface area contributed by atoms with Crippen molar-refractivity contribution in [3.05, 3.63) is 71.9 Å². The molecule has 2 heterocycles. The van der Waals surface area contributed by atoms with Crippen molar-refractivity contribution in [2.45, 2.75) is 40.2 Å². The summed E-state index contributed by atoms with van der Waals surface area (Å²) in [7, 11) is 0. The molecule has 6 nitrogen and oxygen atoms in total. The van der Waals surface area contributed by atoms with Crippen molar-refractivity contribution in [1.29, 1.82) is 0 Å². The number of rotatable bonds is 8. The van der Waals surface area contributed by atoms with E-state index < -0.39 is 0 Å². The smallest absolute Gasteiger partial charge is 0.226 e. The molecule has 0 bridgehead atoms. The van der Waals surface area contributed by atoms with E-state index in [-0.39, 0.29) is 24.0 Å². The van der Waals surface area contributed by atoms with Crippen molar-refractivity contribution in [2.24, 2.45) is 10.9 Å². The molecule has 0 radical (unpaired) electrons.